The molecule has 0 saturated carbocycles. The van der Waals surface area contributed by atoms with E-state index in [0.717, 1.165) is 5.56 Å². The van der Waals surface area contributed by atoms with Crippen molar-refractivity contribution in [1.82, 2.24) is 9.97 Å². The first-order chi connectivity index (χ1) is 9.60. The van der Waals surface area contributed by atoms with Crippen molar-refractivity contribution in [3.05, 3.63) is 30.6 Å². The predicted molar refractivity (Wildman–Crippen MR) is 77.5 cm³/mol. The molecule has 6 nitrogen and oxygen atoms in total. The van der Waals surface area contributed by atoms with Crippen LogP contribution in [-0.4, -0.2) is 29.0 Å². The van der Waals surface area contributed by atoms with Gasteiger partial charge in [0.2, 0.25) is 5.91 Å². The summed E-state index contributed by atoms with van der Waals surface area (Å²) >= 11 is 0. The Labute approximate surface area is 117 Å². The van der Waals surface area contributed by atoms with E-state index in [-0.39, 0.29) is 18.4 Å². The molecule has 1 heterocycles. The molecule has 0 saturated heterocycles. The van der Waals surface area contributed by atoms with Gasteiger partial charge < -0.3 is 20.8 Å². The van der Waals surface area contributed by atoms with Gasteiger partial charge in [-0.05, 0) is 19.1 Å². The summed E-state index contributed by atoms with van der Waals surface area (Å²) in [6, 6.07) is 5.24. The van der Waals surface area contributed by atoms with Gasteiger partial charge in [-0.3, -0.25) is 4.79 Å². The summed E-state index contributed by atoms with van der Waals surface area (Å²) in [7, 11) is 1.58. The number of nitrogens with two attached hydrogens (primary N) is 1. The van der Waals surface area contributed by atoms with Crippen molar-refractivity contribution in [2.45, 2.75) is 19.4 Å². The normalized spacial score (nSPS) is 11.9. The first-order valence-corrected chi connectivity index (χ1v) is 6.33. The summed E-state index contributed by atoms with van der Waals surface area (Å²) in [6.45, 7) is 1.79. The molecule has 1 amide bonds. The topological polar surface area (TPSA) is 93.0 Å². The molecule has 6 heteroatoms. The maximum atomic E-state index is 11.9. The molecule has 0 fully saturated rings. The van der Waals surface area contributed by atoms with Crippen LogP contribution < -0.4 is 15.8 Å². The van der Waals surface area contributed by atoms with E-state index >= 15 is 0 Å². The van der Waals surface area contributed by atoms with E-state index in [2.05, 4.69) is 15.3 Å². The molecule has 0 aliphatic carbocycles. The van der Waals surface area contributed by atoms with Gasteiger partial charge in [-0.2, -0.15) is 0 Å². The van der Waals surface area contributed by atoms with E-state index in [0.29, 0.717) is 17.3 Å². The highest BCUT2D eigenvalue weighted by Crippen LogP contribution is 2.29. The molecule has 1 aromatic heterocycles. The van der Waals surface area contributed by atoms with E-state index in [1.54, 1.807) is 32.5 Å². The highest BCUT2D eigenvalue weighted by molar-refractivity contribution is 5.95. The number of anilines is 1. The molecule has 0 radical (unpaired) electrons. The number of nitrogens with zero attached hydrogens (tertiary/aromatic N) is 1. The number of aromatic nitrogens is 2. The first kappa shape index (κ1) is 14.1. The molecule has 1 atom stereocenters. The van der Waals surface area contributed by atoms with Crippen LogP contribution in [0.4, 0.5) is 5.69 Å². The molecule has 106 valence electrons. The van der Waals surface area contributed by atoms with Gasteiger partial charge in [0, 0.05) is 36.5 Å². The maximum Gasteiger partial charge on any atom is 0.225 e. The summed E-state index contributed by atoms with van der Waals surface area (Å²) in [5, 5.41) is 2.85. The monoisotopic (exact) mass is 274 g/mol. The van der Waals surface area contributed by atoms with E-state index < -0.39 is 0 Å². The molecule has 1 aromatic carbocycles. The number of carbonyl (C=O) groups is 1. The molecule has 4 N–H and O–H groups in total. The SMILES string of the molecule is COc1ccc(-c2ncc[nH]2)c(NC(=O)CC(C)N)c1. The Balaban J connectivity index is 2.31. The predicted octanol–water partition coefficient (Wildman–Crippen LogP) is 1.76. The molecule has 0 spiro atoms. The molecule has 20 heavy (non-hydrogen) atoms. The van der Waals surface area contributed by atoms with Gasteiger partial charge in [0.05, 0.1) is 12.8 Å². The highest BCUT2D eigenvalue weighted by atomic mass is 16.5. The summed E-state index contributed by atoms with van der Waals surface area (Å²) in [6.07, 6.45) is 3.65. The summed E-state index contributed by atoms with van der Waals surface area (Å²) in [4.78, 5) is 19.1. The number of nitrogens with one attached hydrogen (secondary N) is 2. The highest BCUT2D eigenvalue weighted by Gasteiger charge is 2.12. The number of hydrogen-bond acceptors (Lipinski definition) is 4. The number of rotatable bonds is 5. The Kier molecular flexibility index (Phi) is 4.37. The fourth-order valence-corrected chi connectivity index (χ4v) is 1.87. The largest absolute Gasteiger partial charge is 0.497 e. The number of carbonyl (C=O) groups excluding carboxylic acids is 1. The van der Waals surface area contributed by atoms with Crippen molar-refractivity contribution in [3.63, 3.8) is 0 Å². The van der Waals surface area contributed by atoms with Crippen molar-refractivity contribution in [1.29, 1.82) is 0 Å². The van der Waals surface area contributed by atoms with Crippen LogP contribution in [0.5, 0.6) is 5.75 Å². The van der Waals surface area contributed by atoms with Crippen LogP contribution in [0.3, 0.4) is 0 Å². The van der Waals surface area contributed by atoms with Gasteiger partial charge in [0.15, 0.2) is 0 Å². The van der Waals surface area contributed by atoms with Crippen LogP contribution in [-0.2, 0) is 4.79 Å². The average molecular weight is 274 g/mol. The summed E-state index contributed by atoms with van der Waals surface area (Å²) in [5.41, 5.74) is 7.07. The third-order valence-electron chi connectivity index (χ3n) is 2.76. The number of ether oxygens (including phenoxy) is 1. The molecule has 0 bridgehead atoms. The second-order valence-corrected chi connectivity index (χ2v) is 4.58. The minimum atomic E-state index is -0.187. The number of aromatic amines is 1. The fourth-order valence-electron chi connectivity index (χ4n) is 1.87. The third-order valence-corrected chi connectivity index (χ3v) is 2.76. The summed E-state index contributed by atoms with van der Waals surface area (Å²) < 4.78 is 5.18. The van der Waals surface area contributed by atoms with Crippen LogP contribution in [0, 0.1) is 0 Å². The Hall–Kier alpha value is -2.34. The quantitative estimate of drug-likeness (QED) is 0.774. The molecule has 2 aromatic rings. The van der Waals surface area contributed by atoms with Crippen LogP contribution in [0.1, 0.15) is 13.3 Å². The van der Waals surface area contributed by atoms with Gasteiger partial charge in [-0.1, -0.05) is 0 Å². The number of benzene rings is 1. The van der Waals surface area contributed by atoms with Crippen molar-refractivity contribution in [2.75, 3.05) is 12.4 Å². The lowest BCUT2D eigenvalue weighted by Crippen LogP contribution is -2.24. The Bertz CT molecular complexity index is 579. The van der Waals surface area contributed by atoms with Crippen LogP contribution in [0.15, 0.2) is 30.6 Å². The maximum absolute atomic E-state index is 11.9. The number of hydrogen-bond donors (Lipinski definition) is 3. The standard InChI is InChI=1S/C14H18N4O2/c1-9(15)7-13(19)18-12-8-10(20-2)3-4-11(12)14-16-5-6-17-14/h3-6,8-9H,7,15H2,1-2H3,(H,16,17)(H,18,19). The smallest absolute Gasteiger partial charge is 0.225 e. The molecular weight excluding hydrogens is 256 g/mol. The second-order valence-electron chi connectivity index (χ2n) is 4.58. The van der Waals surface area contributed by atoms with Crippen molar-refractivity contribution in [2.24, 2.45) is 5.73 Å². The van der Waals surface area contributed by atoms with Crippen molar-refractivity contribution in [3.8, 4) is 17.1 Å². The van der Waals surface area contributed by atoms with E-state index in [9.17, 15) is 4.79 Å². The Morgan fingerprint density at radius 1 is 1.55 bits per heavy atom. The van der Waals surface area contributed by atoms with Gasteiger partial charge in [0.25, 0.3) is 0 Å². The van der Waals surface area contributed by atoms with Crippen LogP contribution in [0.2, 0.25) is 0 Å². The molecule has 1 unspecified atom stereocenters. The minimum Gasteiger partial charge on any atom is -0.497 e. The Morgan fingerprint density at radius 2 is 2.35 bits per heavy atom. The Morgan fingerprint density at radius 3 is 2.95 bits per heavy atom. The van der Waals surface area contributed by atoms with Crippen molar-refractivity contribution < 1.29 is 9.53 Å². The van der Waals surface area contributed by atoms with Crippen molar-refractivity contribution >= 4 is 11.6 Å². The van der Waals surface area contributed by atoms with Crippen LogP contribution >= 0.6 is 0 Å². The first-order valence-electron chi connectivity index (χ1n) is 6.33. The van der Waals surface area contributed by atoms with Gasteiger partial charge in [-0.25, -0.2) is 4.98 Å². The number of imidazole rings is 1. The third kappa shape index (κ3) is 3.36. The zero-order chi connectivity index (χ0) is 14.5. The summed E-state index contributed by atoms with van der Waals surface area (Å²) in [5.74, 6) is 1.21. The van der Waals surface area contributed by atoms with Crippen LogP contribution in [0.25, 0.3) is 11.4 Å². The lowest BCUT2D eigenvalue weighted by atomic mass is 10.1. The van der Waals surface area contributed by atoms with E-state index in [1.165, 1.54) is 0 Å². The second kappa shape index (κ2) is 6.21. The van der Waals surface area contributed by atoms with Gasteiger partial charge in [-0.15, -0.1) is 0 Å². The minimum absolute atomic E-state index is 0.138. The number of H-pyrrole nitrogens is 1. The fraction of sp³-hybridized carbons (Fsp3) is 0.286. The lowest BCUT2D eigenvalue weighted by molar-refractivity contribution is -0.116. The van der Waals surface area contributed by atoms with E-state index in [4.69, 9.17) is 10.5 Å². The van der Waals surface area contributed by atoms with E-state index in [1.807, 2.05) is 12.1 Å². The zero-order valence-corrected chi connectivity index (χ0v) is 11.5. The lowest BCUT2D eigenvalue weighted by Gasteiger charge is -2.12. The molecule has 0 aliphatic heterocycles. The molecule has 0 aliphatic rings. The molecule has 2 rings (SSSR count). The number of methoxy groups -OCH3 is 1. The average Bonchev–Trinajstić information content (AvgIpc) is 2.91. The van der Waals surface area contributed by atoms with Gasteiger partial charge in [0.1, 0.15) is 11.6 Å². The number of amides is 1. The molecular formula is C14H18N4O2. The van der Waals surface area contributed by atoms with Gasteiger partial charge >= 0.3 is 0 Å². The zero-order valence-electron chi connectivity index (χ0n) is 11.5.